The van der Waals surface area contributed by atoms with Crippen molar-refractivity contribution in [1.82, 2.24) is 5.32 Å². The summed E-state index contributed by atoms with van der Waals surface area (Å²) in [7, 11) is 0. The van der Waals surface area contributed by atoms with Crippen LogP contribution in [0.3, 0.4) is 0 Å². The van der Waals surface area contributed by atoms with Gasteiger partial charge in [-0.1, -0.05) is 37.3 Å². The molecule has 1 aromatic rings. The Morgan fingerprint density at radius 1 is 1.50 bits per heavy atom. The Bertz CT molecular complexity index is 365. The molecule has 3 atom stereocenters. The number of halogens is 1. The zero-order valence-electron chi connectivity index (χ0n) is 9.32. The van der Waals surface area contributed by atoms with Gasteiger partial charge in [0.1, 0.15) is 0 Å². The Morgan fingerprint density at radius 2 is 2.19 bits per heavy atom. The lowest BCUT2D eigenvalue weighted by Gasteiger charge is -2.08. The number of amides is 1. The molecule has 1 amide bonds. The van der Waals surface area contributed by atoms with Crippen molar-refractivity contribution in [1.29, 1.82) is 0 Å². The molecule has 1 aliphatic carbocycles. The monoisotopic (exact) mass is 237 g/mol. The third-order valence-corrected chi connectivity index (χ3v) is 3.49. The third kappa shape index (κ3) is 2.56. The van der Waals surface area contributed by atoms with E-state index in [0.29, 0.717) is 17.8 Å². The van der Waals surface area contributed by atoms with Crippen LogP contribution >= 0.6 is 11.6 Å². The van der Waals surface area contributed by atoms with Gasteiger partial charge < -0.3 is 5.32 Å². The minimum atomic E-state index is -0.0984. The smallest absolute Gasteiger partial charge is 0.224 e. The molecule has 0 saturated heterocycles. The van der Waals surface area contributed by atoms with Crippen molar-refractivity contribution in [3.05, 3.63) is 35.9 Å². The molecule has 86 valence electrons. The van der Waals surface area contributed by atoms with E-state index in [1.165, 1.54) is 5.56 Å². The number of carbonyl (C=O) groups is 1. The van der Waals surface area contributed by atoms with Crippen LogP contribution in [0.2, 0.25) is 0 Å². The molecule has 0 aliphatic heterocycles. The van der Waals surface area contributed by atoms with Gasteiger partial charge in [0, 0.05) is 23.8 Å². The predicted octanol–water partition coefficient (Wildman–Crippen LogP) is 2.53. The largest absolute Gasteiger partial charge is 0.352 e. The summed E-state index contributed by atoms with van der Waals surface area (Å²) >= 11 is 5.64. The van der Waals surface area contributed by atoms with E-state index in [4.69, 9.17) is 11.6 Å². The molecule has 1 N–H and O–H groups in total. The molecular formula is C13H16ClNO. The molecule has 0 heterocycles. The minimum absolute atomic E-state index is 0.0680. The molecule has 3 heteroatoms. The molecule has 1 aromatic carbocycles. The highest BCUT2D eigenvalue weighted by molar-refractivity contribution is 6.19. The van der Waals surface area contributed by atoms with Crippen LogP contribution < -0.4 is 5.32 Å². The van der Waals surface area contributed by atoms with Crippen molar-refractivity contribution >= 4 is 17.5 Å². The van der Waals surface area contributed by atoms with E-state index in [9.17, 15) is 4.79 Å². The summed E-state index contributed by atoms with van der Waals surface area (Å²) < 4.78 is 0. The lowest BCUT2D eigenvalue weighted by atomic mass is 10.1. The maximum absolute atomic E-state index is 11.6. The third-order valence-electron chi connectivity index (χ3n) is 3.02. The first-order valence-corrected chi connectivity index (χ1v) is 6.17. The molecule has 16 heavy (non-hydrogen) atoms. The zero-order chi connectivity index (χ0) is 11.5. The second kappa shape index (κ2) is 4.88. The van der Waals surface area contributed by atoms with Crippen molar-refractivity contribution in [3.8, 4) is 0 Å². The van der Waals surface area contributed by atoms with Crippen molar-refractivity contribution in [2.75, 3.05) is 5.88 Å². The van der Waals surface area contributed by atoms with E-state index < -0.39 is 0 Å². The Balaban J connectivity index is 1.86. The predicted molar refractivity (Wildman–Crippen MR) is 65.6 cm³/mol. The highest BCUT2D eigenvalue weighted by Crippen LogP contribution is 2.40. The van der Waals surface area contributed by atoms with Gasteiger partial charge in [-0.2, -0.15) is 0 Å². The van der Waals surface area contributed by atoms with Crippen LogP contribution in [0.4, 0.5) is 0 Å². The number of benzene rings is 1. The summed E-state index contributed by atoms with van der Waals surface area (Å²) in [6.45, 7) is 1.85. The molecular weight excluding hydrogens is 222 g/mol. The Morgan fingerprint density at radius 3 is 2.81 bits per heavy atom. The van der Waals surface area contributed by atoms with Crippen molar-refractivity contribution in [2.45, 2.75) is 25.3 Å². The van der Waals surface area contributed by atoms with E-state index in [2.05, 4.69) is 17.4 Å². The topological polar surface area (TPSA) is 29.1 Å². The van der Waals surface area contributed by atoms with Crippen LogP contribution in [0, 0.1) is 5.92 Å². The van der Waals surface area contributed by atoms with Crippen molar-refractivity contribution in [3.63, 3.8) is 0 Å². The molecule has 0 bridgehead atoms. The second-order valence-electron chi connectivity index (χ2n) is 4.42. The van der Waals surface area contributed by atoms with E-state index in [1.54, 1.807) is 0 Å². The summed E-state index contributed by atoms with van der Waals surface area (Å²) in [6, 6.07) is 10.6. The van der Waals surface area contributed by atoms with E-state index in [1.807, 2.05) is 25.1 Å². The SMILES string of the molecule is CC(CCl)C(=O)NC1CC1c1ccccc1. The molecule has 1 saturated carbocycles. The number of rotatable bonds is 4. The molecule has 2 nitrogen and oxygen atoms in total. The number of alkyl halides is 1. The minimum Gasteiger partial charge on any atom is -0.352 e. The van der Waals surface area contributed by atoms with Gasteiger partial charge in [-0.05, 0) is 12.0 Å². The fourth-order valence-electron chi connectivity index (χ4n) is 1.82. The molecule has 0 radical (unpaired) electrons. The molecule has 3 unspecified atom stereocenters. The quantitative estimate of drug-likeness (QED) is 0.802. The maximum atomic E-state index is 11.6. The van der Waals surface area contributed by atoms with E-state index >= 15 is 0 Å². The van der Waals surface area contributed by atoms with Gasteiger partial charge in [-0.3, -0.25) is 4.79 Å². The summed E-state index contributed by atoms with van der Waals surface area (Å²) in [6.07, 6.45) is 1.05. The summed E-state index contributed by atoms with van der Waals surface area (Å²) in [4.78, 5) is 11.6. The van der Waals surface area contributed by atoms with Gasteiger partial charge in [0.15, 0.2) is 0 Å². The van der Waals surface area contributed by atoms with Crippen LogP contribution in [-0.2, 0) is 4.79 Å². The fraction of sp³-hybridized carbons (Fsp3) is 0.462. The molecule has 0 aromatic heterocycles. The zero-order valence-corrected chi connectivity index (χ0v) is 10.1. The molecule has 1 fully saturated rings. The number of hydrogen-bond acceptors (Lipinski definition) is 1. The van der Waals surface area contributed by atoms with Crippen LogP contribution in [0.5, 0.6) is 0 Å². The average Bonchev–Trinajstić information content (AvgIpc) is 3.08. The second-order valence-corrected chi connectivity index (χ2v) is 4.73. The summed E-state index contributed by atoms with van der Waals surface area (Å²) in [5.41, 5.74) is 1.31. The highest BCUT2D eigenvalue weighted by Gasteiger charge is 2.39. The first kappa shape index (κ1) is 11.5. The van der Waals surface area contributed by atoms with E-state index in [0.717, 1.165) is 6.42 Å². The first-order valence-electron chi connectivity index (χ1n) is 5.63. The van der Waals surface area contributed by atoms with Gasteiger partial charge in [-0.25, -0.2) is 0 Å². The summed E-state index contributed by atoms with van der Waals surface area (Å²) in [5, 5.41) is 3.03. The molecule has 0 spiro atoms. The number of nitrogens with one attached hydrogen (secondary N) is 1. The van der Waals surface area contributed by atoms with Gasteiger partial charge >= 0.3 is 0 Å². The van der Waals surface area contributed by atoms with E-state index in [-0.39, 0.29) is 11.8 Å². The van der Waals surface area contributed by atoms with Crippen LogP contribution in [0.1, 0.15) is 24.8 Å². The standard InChI is InChI=1S/C13H16ClNO/c1-9(8-14)13(16)15-12-7-11(12)10-5-3-2-4-6-10/h2-6,9,11-12H,7-8H2,1H3,(H,15,16). The van der Waals surface area contributed by atoms with Gasteiger partial charge in [0.25, 0.3) is 0 Å². The number of hydrogen-bond donors (Lipinski definition) is 1. The normalized spacial score (nSPS) is 24.9. The van der Waals surface area contributed by atoms with Crippen LogP contribution in [-0.4, -0.2) is 17.8 Å². The van der Waals surface area contributed by atoms with Gasteiger partial charge in [0.05, 0.1) is 0 Å². The Labute approximate surface area is 101 Å². The lowest BCUT2D eigenvalue weighted by molar-refractivity contribution is -0.124. The van der Waals surface area contributed by atoms with Gasteiger partial charge in [-0.15, -0.1) is 11.6 Å². The lowest BCUT2D eigenvalue weighted by Crippen LogP contribution is -2.32. The number of carbonyl (C=O) groups excluding carboxylic acids is 1. The van der Waals surface area contributed by atoms with Crippen molar-refractivity contribution < 1.29 is 4.79 Å². The fourth-order valence-corrected chi connectivity index (χ4v) is 1.96. The summed E-state index contributed by atoms with van der Waals surface area (Å²) in [5.74, 6) is 0.846. The molecule has 2 rings (SSSR count). The highest BCUT2D eigenvalue weighted by atomic mass is 35.5. The van der Waals surface area contributed by atoms with Crippen LogP contribution in [0.15, 0.2) is 30.3 Å². The van der Waals surface area contributed by atoms with Crippen molar-refractivity contribution in [2.24, 2.45) is 5.92 Å². The Kier molecular flexibility index (Phi) is 3.49. The molecule has 1 aliphatic rings. The first-order chi connectivity index (χ1) is 7.72. The average molecular weight is 238 g/mol. The van der Waals surface area contributed by atoms with Gasteiger partial charge in [0.2, 0.25) is 5.91 Å². The Hall–Kier alpha value is -1.02. The maximum Gasteiger partial charge on any atom is 0.224 e. The van der Waals surface area contributed by atoms with Crippen LogP contribution in [0.25, 0.3) is 0 Å².